The first-order valence-electron chi connectivity index (χ1n) is 9.27. The zero-order valence-corrected chi connectivity index (χ0v) is 16.5. The Bertz CT molecular complexity index is 962. The largest absolute Gasteiger partial charge is 0.497 e. The van der Waals surface area contributed by atoms with E-state index in [1.165, 1.54) is 12.0 Å². The van der Waals surface area contributed by atoms with Crippen LogP contribution < -0.4 is 4.74 Å². The van der Waals surface area contributed by atoms with Crippen LogP contribution in [0.4, 0.5) is 0 Å². The quantitative estimate of drug-likeness (QED) is 0.610. The molecule has 6 heteroatoms. The number of methoxy groups -OCH3 is 1. The number of likely N-dealkylation sites (tertiary alicyclic amines) is 1. The molecule has 1 aliphatic rings. The third-order valence-electron chi connectivity index (χ3n) is 5.20. The summed E-state index contributed by atoms with van der Waals surface area (Å²) in [5, 5.41) is 4.72. The van der Waals surface area contributed by atoms with Gasteiger partial charge in [-0.05, 0) is 61.8 Å². The molecule has 0 bridgehead atoms. The molecule has 140 valence electrons. The summed E-state index contributed by atoms with van der Waals surface area (Å²) in [5.74, 6) is 1.80. The highest BCUT2D eigenvalue weighted by atomic mass is 32.1. The lowest BCUT2D eigenvalue weighted by Crippen LogP contribution is -2.27. The fourth-order valence-corrected chi connectivity index (χ4v) is 4.19. The van der Waals surface area contributed by atoms with Crippen LogP contribution in [0.15, 0.2) is 54.6 Å². The smallest absolute Gasteiger partial charge is 0.203 e. The average Bonchev–Trinajstić information content (AvgIpc) is 3.27. The molecule has 0 aliphatic carbocycles. The third-order valence-corrected chi connectivity index (χ3v) is 5.59. The lowest BCUT2D eigenvalue weighted by Gasteiger charge is -2.24. The van der Waals surface area contributed by atoms with Gasteiger partial charge in [0.05, 0.1) is 13.8 Å². The number of benzene rings is 2. The topological polar surface area (TPSA) is 35.2 Å². The van der Waals surface area contributed by atoms with Gasteiger partial charge in [0.25, 0.3) is 0 Å². The van der Waals surface area contributed by atoms with Crippen LogP contribution in [0.3, 0.4) is 0 Å². The number of hydrogen-bond acceptors (Lipinski definition) is 4. The van der Waals surface area contributed by atoms with Gasteiger partial charge in [-0.15, -0.1) is 0 Å². The van der Waals surface area contributed by atoms with E-state index in [0.717, 1.165) is 35.0 Å². The Morgan fingerprint density at radius 2 is 1.85 bits per heavy atom. The van der Waals surface area contributed by atoms with Crippen molar-refractivity contribution in [3.05, 3.63) is 70.8 Å². The normalized spacial score (nSPS) is 17.3. The van der Waals surface area contributed by atoms with Crippen LogP contribution in [0.25, 0.3) is 5.69 Å². The molecular formula is C21H24N4OS. The maximum atomic E-state index is 5.74. The number of rotatable bonds is 5. The van der Waals surface area contributed by atoms with E-state index < -0.39 is 0 Å². The second-order valence-corrected chi connectivity index (χ2v) is 7.25. The van der Waals surface area contributed by atoms with Gasteiger partial charge in [0.2, 0.25) is 4.77 Å². The summed E-state index contributed by atoms with van der Waals surface area (Å²) in [6.07, 6.45) is 2.33. The van der Waals surface area contributed by atoms with E-state index in [-0.39, 0.29) is 0 Å². The summed E-state index contributed by atoms with van der Waals surface area (Å²) in [7, 11) is 1.70. The molecule has 0 N–H and O–H groups in total. The van der Waals surface area contributed by atoms with Crippen molar-refractivity contribution in [1.29, 1.82) is 0 Å². The predicted octanol–water partition coefficient (Wildman–Crippen LogP) is 4.51. The molecule has 1 fully saturated rings. The van der Waals surface area contributed by atoms with Crippen LogP contribution in [0, 0.1) is 11.7 Å². The van der Waals surface area contributed by atoms with E-state index in [4.69, 9.17) is 22.1 Å². The van der Waals surface area contributed by atoms with Gasteiger partial charge < -0.3 is 4.74 Å². The van der Waals surface area contributed by atoms with Gasteiger partial charge in [0.1, 0.15) is 11.6 Å². The minimum absolute atomic E-state index is 0.389. The lowest BCUT2D eigenvalue weighted by molar-refractivity contribution is 0.189. The second-order valence-electron chi connectivity index (χ2n) is 6.89. The Hall–Kier alpha value is -2.44. The van der Waals surface area contributed by atoms with Crippen LogP contribution in [0.1, 0.15) is 30.3 Å². The Morgan fingerprint density at radius 3 is 2.56 bits per heavy atom. The molecule has 2 heterocycles. The summed E-state index contributed by atoms with van der Waals surface area (Å²) < 4.78 is 10.00. The van der Waals surface area contributed by atoms with Crippen molar-refractivity contribution in [2.45, 2.75) is 32.5 Å². The number of para-hydroxylation sites is 1. The molecule has 1 saturated heterocycles. The van der Waals surface area contributed by atoms with Crippen molar-refractivity contribution in [3.63, 3.8) is 0 Å². The molecule has 27 heavy (non-hydrogen) atoms. The van der Waals surface area contributed by atoms with E-state index in [0.29, 0.717) is 12.7 Å². The number of hydrogen-bond donors (Lipinski definition) is 0. The highest BCUT2D eigenvalue weighted by molar-refractivity contribution is 7.71. The van der Waals surface area contributed by atoms with E-state index in [9.17, 15) is 0 Å². The van der Waals surface area contributed by atoms with Crippen LogP contribution in [-0.4, -0.2) is 32.9 Å². The first-order chi connectivity index (χ1) is 13.2. The molecule has 2 aromatic carbocycles. The number of aromatic nitrogens is 3. The van der Waals surface area contributed by atoms with E-state index >= 15 is 0 Å². The lowest BCUT2D eigenvalue weighted by atomic mass is 10.0. The standard InChI is InChI=1S/C21H24N4OS/c1-16-22-24(21(27)25(16)18-7-4-3-5-8-18)15-23-14-6-9-20(23)17-10-12-19(26-2)13-11-17/h3-5,7-8,10-13,20H,6,9,14-15H2,1-2H3/t20-/m0/s1. The molecular weight excluding hydrogens is 356 g/mol. The Morgan fingerprint density at radius 1 is 1.11 bits per heavy atom. The number of ether oxygens (including phenoxy) is 1. The molecule has 4 rings (SSSR count). The van der Waals surface area contributed by atoms with Gasteiger partial charge in [-0.25, -0.2) is 4.68 Å². The van der Waals surface area contributed by atoms with E-state index in [2.05, 4.69) is 29.2 Å². The van der Waals surface area contributed by atoms with Crippen LogP contribution in [0.2, 0.25) is 0 Å². The maximum Gasteiger partial charge on any atom is 0.203 e. The molecule has 0 radical (unpaired) electrons. The zero-order chi connectivity index (χ0) is 18.8. The molecule has 0 amide bonds. The number of aryl methyl sites for hydroxylation is 1. The predicted molar refractivity (Wildman–Crippen MR) is 109 cm³/mol. The van der Waals surface area contributed by atoms with Gasteiger partial charge in [-0.2, -0.15) is 5.10 Å². The number of nitrogens with zero attached hydrogens (tertiary/aromatic N) is 4. The van der Waals surface area contributed by atoms with Crippen molar-refractivity contribution in [2.24, 2.45) is 0 Å². The summed E-state index contributed by atoms with van der Waals surface area (Å²) in [6, 6.07) is 19.0. The molecule has 1 aromatic heterocycles. The molecule has 1 atom stereocenters. The van der Waals surface area contributed by atoms with Crippen molar-refractivity contribution in [2.75, 3.05) is 13.7 Å². The Kier molecular flexibility index (Phi) is 5.09. The summed E-state index contributed by atoms with van der Waals surface area (Å²) >= 11 is 5.74. The van der Waals surface area contributed by atoms with E-state index in [1.807, 2.05) is 46.5 Å². The third kappa shape index (κ3) is 3.55. The van der Waals surface area contributed by atoms with Crippen LogP contribution in [0.5, 0.6) is 5.75 Å². The monoisotopic (exact) mass is 380 g/mol. The zero-order valence-electron chi connectivity index (χ0n) is 15.7. The summed E-state index contributed by atoms with van der Waals surface area (Å²) in [5.41, 5.74) is 2.37. The first-order valence-corrected chi connectivity index (χ1v) is 9.68. The fraction of sp³-hybridized carbons (Fsp3) is 0.333. The summed E-state index contributed by atoms with van der Waals surface area (Å²) in [6.45, 7) is 3.76. The average molecular weight is 381 g/mol. The molecule has 0 saturated carbocycles. The molecule has 0 unspecified atom stereocenters. The van der Waals surface area contributed by atoms with Gasteiger partial charge >= 0.3 is 0 Å². The van der Waals surface area contributed by atoms with Crippen molar-refractivity contribution >= 4 is 12.2 Å². The molecule has 1 aliphatic heterocycles. The van der Waals surface area contributed by atoms with Crippen molar-refractivity contribution in [1.82, 2.24) is 19.2 Å². The molecule has 0 spiro atoms. The summed E-state index contributed by atoms with van der Waals surface area (Å²) in [4.78, 5) is 2.46. The van der Waals surface area contributed by atoms with Crippen molar-refractivity contribution < 1.29 is 4.74 Å². The van der Waals surface area contributed by atoms with Gasteiger partial charge in [-0.3, -0.25) is 9.47 Å². The fourth-order valence-electron chi connectivity index (χ4n) is 3.85. The van der Waals surface area contributed by atoms with Gasteiger partial charge in [0.15, 0.2) is 0 Å². The highest BCUT2D eigenvalue weighted by Gasteiger charge is 2.27. The van der Waals surface area contributed by atoms with Crippen LogP contribution in [-0.2, 0) is 6.67 Å². The molecule has 3 aromatic rings. The maximum absolute atomic E-state index is 5.74. The van der Waals surface area contributed by atoms with Crippen molar-refractivity contribution in [3.8, 4) is 11.4 Å². The van der Waals surface area contributed by atoms with Gasteiger partial charge in [0, 0.05) is 18.3 Å². The van der Waals surface area contributed by atoms with Gasteiger partial charge in [-0.1, -0.05) is 30.3 Å². The first kappa shape index (κ1) is 17.9. The minimum Gasteiger partial charge on any atom is -0.497 e. The SMILES string of the molecule is COc1ccc([C@@H]2CCCN2Cn2nc(C)n(-c3ccccc3)c2=S)cc1. The Balaban J connectivity index is 1.59. The highest BCUT2D eigenvalue weighted by Crippen LogP contribution is 2.33. The molecule has 5 nitrogen and oxygen atoms in total. The second kappa shape index (κ2) is 7.66. The van der Waals surface area contributed by atoms with Crippen LogP contribution >= 0.6 is 12.2 Å². The van der Waals surface area contributed by atoms with E-state index in [1.54, 1.807) is 7.11 Å². The minimum atomic E-state index is 0.389. The Labute approximate surface area is 164 Å².